The van der Waals surface area contributed by atoms with Crippen LogP contribution in [0.15, 0.2) is 36.5 Å². The van der Waals surface area contributed by atoms with Crippen LogP contribution in [0.4, 0.5) is 23.4 Å². The van der Waals surface area contributed by atoms with Gasteiger partial charge in [-0.3, -0.25) is 4.79 Å². The monoisotopic (exact) mass is 380 g/mol. The van der Waals surface area contributed by atoms with Crippen molar-refractivity contribution in [2.45, 2.75) is 13.1 Å². The average Bonchev–Trinajstić information content (AvgIpc) is 3.08. The molecule has 0 saturated heterocycles. The van der Waals surface area contributed by atoms with Gasteiger partial charge >= 0.3 is 6.18 Å². The van der Waals surface area contributed by atoms with Crippen LogP contribution in [0.1, 0.15) is 21.6 Å². The molecule has 2 aromatic heterocycles. The van der Waals surface area contributed by atoms with Gasteiger partial charge in [0.25, 0.3) is 5.91 Å². The number of halogens is 4. The van der Waals surface area contributed by atoms with E-state index in [0.717, 1.165) is 11.6 Å². The molecule has 3 aromatic rings. The molecule has 5 nitrogen and oxygen atoms in total. The number of carbonyl (C=O) groups excluding carboxylic acids is 1. The van der Waals surface area contributed by atoms with Crippen LogP contribution in [0.5, 0.6) is 0 Å². The van der Waals surface area contributed by atoms with Gasteiger partial charge < -0.3 is 15.6 Å². The Bertz CT molecular complexity index is 942. The molecule has 3 rings (SSSR count). The van der Waals surface area contributed by atoms with Crippen molar-refractivity contribution in [3.8, 4) is 0 Å². The number of H-pyrrole nitrogens is 1. The Balaban J connectivity index is 1.61. The molecule has 0 unspecified atom stereocenters. The van der Waals surface area contributed by atoms with Crippen LogP contribution in [0, 0.1) is 12.7 Å². The maximum Gasteiger partial charge on any atom is 0.419 e. The fraction of sp³-hybridized carbons (Fsp3) is 0.222. The lowest BCUT2D eigenvalue weighted by molar-refractivity contribution is -0.137. The Morgan fingerprint density at radius 1 is 1.22 bits per heavy atom. The molecule has 0 saturated carbocycles. The van der Waals surface area contributed by atoms with Crippen molar-refractivity contribution in [1.82, 2.24) is 15.3 Å². The quantitative estimate of drug-likeness (QED) is 0.465. The van der Waals surface area contributed by atoms with E-state index in [-0.39, 0.29) is 30.1 Å². The normalized spacial score (nSPS) is 11.6. The number of anilines is 1. The minimum atomic E-state index is -4.52. The second-order valence-corrected chi connectivity index (χ2v) is 5.92. The molecule has 0 bridgehead atoms. The Morgan fingerprint density at radius 3 is 2.70 bits per heavy atom. The molecule has 0 atom stereocenters. The molecule has 0 aliphatic rings. The topological polar surface area (TPSA) is 69.8 Å². The van der Waals surface area contributed by atoms with Gasteiger partial charge in [0.2, 0.25) is 0 Å². The number of nitrogens with one attached hydrogen (secondary N) is 3. The van der Waals surface area contributed by atoms with E-state index in [4.69, 9.17) is 0 Å². The second kappa shape index (κ2) is 7.26. The first-order chi connectivity index (χ1) is 12.8. The zero-order chi connectivity index (χ0) is 19.6. The summed E-state index contributed by atoms with van der Waals surface area (Å²) < 4.78 is 52.5. The molecule has 0 fully saturated rings. The number of aryl methyl sites for hydroxylation is 1. The third-order valence-electron chi connectivity index (χ3n) is 4.02. The number of carbonyl (C=O) groups is 1. The van der Waals surface area contributed by atoms with Crippen LogP contribution in [0.25, 0.3) is 10.9 Å². The highest BCUT2D eigenvalue weighted by molar-refractivity contribution is 5.98. The SMILES string of the molecule is Cc1ccc(F)c2[nH]c(C(=O)NCCNc3ncccc3C(F)(F)F)cc12. The van der Waals surface area contributed by atoms with Crippen LogP contribution in [0.2, 0.25) is 0 Å². The molecule has 1 aromatic carbocycles. The number of pyridine rings is 1. The zero-order valence-electron chi connectivity index (χ0n) is 14.2. The van der Waals surface area contributed by atoms with Crippen LogP contribution in [-0.4, -0.2) is 29.0 Å². The Hall–Kier alpha value is -3.10. The molecule has 27 heavy (non-hydrogen) atoms. The summed E-state index contributed by atoms with van der Waals surface area (Å²) in [5, 5.41) is 5.72. The van der Waals surface area contributed by atoms with Gasteiger partial charge in [0.05, 0.1) is 11.1 Å². The summed E-state index contributed by atoms with van der Waals surface area (Å²) in [6.45, 7) is 1.90. The van der Waals surface area contributed by atoms with E-state index in [1.807, 2.05) is 0 Å². The van der Waals surface area contributed by atoms with E-state index < -0.39 is 23.5 Å². The smallest absolute Gasteiger partial charge is 0.368 e. The molecule has 0 radical (unpaired) electrons. The number of rotatable bonds is 5. The van der Waals surface area contributed by atoms with Gasteiger partial charge in [-0.1, -0.05) is 6.07 Å². The number of aromatic amines is 1. The van der Waals surface area contributed by atoms with Crippen LogP contribution in [0.3, 0.4) is 0 Å². The summed E-state index contributed by atoms with van der Waals surface area (Å²) in [7, 11) is 0. The third-order valence-corrected chi connectivity index (χ3v) is 4.02. The van der Waals surface area contributed by atoms with Crippen molar-refractivity contribution in [3.63, 3.8) is 0 Å². The Kier molecular flexibility index (Phi) is 5.02. The highest BCUT2D eigenvalue weighted by atomic mass is 19.4. The van der Waals surface area contributed by atoms with Crippen LogP contribution in [-0.2, 0) is 6.18 Å². The van der Waals surface area contributed by atoms with E-state index in [1.165, 1.54) is 24.4 Å². The van der Waals surface area contributed by atoms with Crippen molar-refractivity contribution in [2.75, 3.05) is 18.4 Å². The van der Waals surface area contributed by atoms with Crippen molar-refractivity contribution < 1.29 is 22.4 Å². The summed E-state index contributed by atoms with van der Waals surface area (Å²) in [6.07, 6.45) is -3.27. The Labute approximate surface area is 151 Å². The summed E-state index contributed by atoms with van der Waals surface area (Å²) in [5.74, 6) is -1.25. The molecule has 142 valence electrons. The number of benzene rings is 1. The van der Waals surface area contributed by atoms with E-state index in [0.29, 0.717) is 5.39 Å². The largest absolute Gasteiger partial charge is 0.419 e. The lowest BCUT2D eigenvalue weighted by atomic mass is 10.1. The van der Waals surface area contributed by atoms with Gasteiger partial charge in [0.15, 0.2) is 0 Å². The van der Waals surface area contributed by atoms with Crippen molar-refractivity contribution in [3.05, 3.63) is 59.2 Å². The molecule has 0 spiro atoms. The van der Waals surface area contributed by atoms with Crippen LogP contribution >= 0.6 is 0 Å². The third kappa shape index (κ3) is 4.02. The molecular weight excluding hydrogens is 364 g/mol. The number of amides is 1. The molecule has 2 heterocycles. The van der Waals surface area contributed by atoms with Gasteiger partial charge in [-0.2, -0.15) is 13.2 Å². The Morgan fingerprint density at radius 2 is 2.00 bits per heavy atom. The molecular formula is C18H16F4N4O. The number of nitrogens with zero attached hydrogens (tertiary/aromatic N) is 1. The first kappa shape index (κ1) is 18.7. The maximum atomic E-state index is 13.8. The first-order valence-corrected chi connectivity index (χ1v) is 8.09. The van der Waals surface area contributed by atoms with Crippen molar-refractivity contribution >= 4 is 22.6 Å². The van der Waals surface area contributed by atoms with Crippen molar-refractivity contribution in [2.24, 2.45) is 0 Å². The summed E-state index contributed by atoms with van der Waals surface area (Å²) in [4.78, 5) is 18.6. The fourth-order valence-electron chi connectivity index (χ4n) is 2.67. The van der Waals surface area contributed by atoms with E-state index >= 15 is 0 Å². The minimum absolute atomic E-state index is 0.0411. The van der Waals surface area contributed by atoms with Gasteiger partial charge in [-0.05, 0) is 36.8 Å². The predicted octanol–water partition coefficient (Wildman–Crippen LogP) is 3.87. The zero-order valence-corrected chi connectivity index (χ0v) is 14.2. The summed E-state index contributed by atoms with van der Waals surface area (Å²) >= 11 is 0. The number of fused-ring (bicyclic) bond motifs is 1. The lowest BCUT2D eigenvalue weighted by Gasteiger charge is -2.13. The summed E-state index contributed by atoms with van der Waals surface area (Å²) in [6, 6.07) is 6.59. The van der Waals surface area contributed by atoms with E-state index in [2.05, 4.69) is 20.6 Å². The second-order valence-electron chi connectivity index (χ2n) is 5.92. The van der Waals surface area contributed by atoms with Crippen LogP contribution < -0.4 is 10.6 Å². The molecule has 0 aliphatic heterocycles. The lowest BCUT2D eigenvalue weighted by Crippen LogP contribution is -2.29. The van der Waals surface area contributed by atoms with Gasteiger partial charge in [0, 0.05) is 24.7 Å². The number of aromatic nitrogens is 2. The number of hydrogen-bond acceptors (Lipinski definition) is 3. The van der Waals surface area contributed by atoms with Gasteiger partial charge in [-0.25, -0.2) is 9.37 Å². The summed E-state index contributed by atoms with van der Waals surface area (Å²) in [5.41, 5.74) is 0.352. The maximum absolute atomic E-state index is 13.8. The molecule has 1 amide bonds. The molecule has 3 N–H and O–H groups in total. The van der Waals surface area contributed by atoms with Crippen molar-refractivity contribution in [1.29, 1.82) is 0 Å². The van der Waals surface area contributed by atoms with E-state index in [1.54, 1.807) is 13.0 Å². The average molecular weight is 380 g/mol. The molecule has 9 heteroatoms. The molecule has 0 aliphatic carbocycles. The van der Waals surface area contributed by atoms with Gasteiger partial charge in [0.1, 0.15) is 17.3 Å². The predicted molar refractivity (Wildman–Crippen MR) is 93.1 cm³/mol. The number of alkyl halides is 3. The minimum Gasteiger partial charge on any atom is -0.368 e. The first-order valence-electron chi connectivity index (χ1n) is 8.09. The fourth-order valence-corrected chi connectivity index (χ4v) is 2.67. The van der Waals surface area contributed by atoms with E-state index in [9.17, 15) is 22.4 Å². The van der Waals surface area contributed by atoms with Gasteiger partial charge in [-0.15, -0.1) is 0 Å². The number of hydrogen-bond donors (Lipinski definition) is 3. The highest BCUT2D eigenvalue weighted by Gasteiger charge is 2.33. The standard InChI is InChI=1S/C18H16F4N4O/c1-10-4-5-13(19)15-11(10)9-14(26-15)17(27)25-8-7-24-16-12(18(20,21)22)3-2-6-23-16/h2-6,9,26H,7-8H2,1H3,(H,23,24)(H,25,27). The highest BCUT2D eigenvalue weighted by Crippen LogP contribution is 2.33.